The number of nitrogens with one attached hydrogen (secondary N) is 1. The predicted molar refractivity (Wildman–Crippen MR) is 103 cm³/mol. The Balaban J connectivity index is 1.48. The Kier molecular flexibility index (Phi) is 6.35. The Hall–Kier alpha value is -1.82. The maximum atomic E-state index is 12.4. The van der Waals surface area contributed by atoms with Crippen molar-refractivity contribution in [2.75, 3.05) is 19.6 Å². The number of amides is 1. The van der Waals surface area contributed by atoms with Gasteiger partial charge in [0.1, 0.15) is 11.9 Å². The molecule has 2 heterocycles. The molecule has 1 fully saturated rings. The molecule has 1 N–H and O–H groups in total. The quantitative estimate of drug-likeness (QED) is 0.812. The number of benzene rings is 1. The lowest BCUT2D eigenvalue weighted by atomic mass is 10.1. The van der Waals surface area contributed by atoms with E-state index in [1.165, 1.54) is 0 Å². The van der Waals surface area contributed by atoms with Gasteiger partial charge in [-0.15, -0.1) is 0 Å². The van der Waals surface area contributed by atoms with E-state index in [4.69, 9.17) is 27.9 Å². The van der Waals surface area contributed by atoms with E-state index in [0.29, 0.717) is 16.6 Å². The van der Waals surface area contributed by atoms with Gasteiger partial charge in [-0.25, -0.2) is 0 Å². The number of hydrogen-bond donors (Lipinski definition) is 1. The van der Waals surface area contributed by atoms with Crippen molar-refractivity contribution in [1.29, 1.82) is 0 Å². The van der Waals surface area contributed by atoms with Crippen LogP contribution in [-0.2, 0) is 4.79 Å². The van der Waals surface area contributed by atoms with Gasteiger partial charge in [0.15, 0.2) is 0 Å². The molecule has 2 aromatic rings. The van der Waals surface area contributed by atoms with E-state index in [2.05, 4.69) is 15.2 Å². The molecule has 1 aliphatic rings. The highest BCUT2D eigenvalue weighted by Crippen LogP contribution is 2.26. The van der Waals surface area contributed by atoms with Crippen LogP contribution < -0.4 is 10.1 Å². The summed E-state index contributed by atoms with van der Waals surface area (Å²) < 4.78 is 5.92. The summed E-state index contributed by atoms with van der Waals surface area (Å²) in [7, 11) is 0. The highest BCUT2D eigenvalue weighted by atomic mass is 35.5. The lowest BCUT2D eigenvalue weighted by Crippen LogP contribution is -2.38. The van der Waals surface area contributed by atoms with Gasteiger partial charge in [0, 0.05) is 35.5 Å². The molecular formula is C19H21Cl2N3O2. The molecule has 0 radical (unpaired) electrons. The van der Waals surface area contributed by atoms with Crippen LogP contribution in [0.1, 0.15) is 24.9 Å². The van der Waals surface area contributed by atoms with Gasteiger partial charge in [-0.3, -0.25) is 14.7 Å². The van der Waals surface area contributed by atoms with Crippen LogP contribution in [0.3, 0.4) is 0 Å². The summed E-state index contributed by atoms with van der Waals surface area (Å²) in [4.78, 5) is 18.4. The molecule has 1 aliphatic heterocycles. The van der Waals surface area contributed by atoms with Gasteiger partial charge in [-0.1, -0.05) is 29.3 Å². The van der Waals surface area contributed by atoms with Crippen molar-refractivity contribution < 1.29 is 9.53 Å². The molecule has 3 rings (SSSR count). The second kappa shape index (κ2) is 8.71. The van der Waals surface area contributed by atoms with Crippen LogP contribution in [0, 0.1) is 0 Å². The predicted octanol–water partition coefficient (Wildman–Crippen LogP) is 3.72. The first kappa shape index (κ1) is 19.0. The highest BCUT2D eigenvalue weighted by molar-refractivity contribution is 6.35. The Morgan fingerprint density at radius 1 is 1.35 bits per heavy atom. The minimum Gasteiger partial charge on any atom is -0.489 e. The summed E-state index contributed by atoms with van der Waals surface area (Å²) in [5.74, 6) is 0.774. The minimum absolute atomic E-state index is 0.0342. The largest absolute Gasteiger partial charge is 0.489 e. The number of ether oxygens (including phenoxy) is 1. The summed E-state index contributed by atoms with van der Waals surface area (Å²) in [5, 5.41) is 4.12. The Bertz CT molecular complexity index is 758. The molecule has 5 nitrogen and oxygen atoms in total. The SMILES string of the molecule is C[C@@H](NC(=O)CN1CC[C@@H](Oc2ccncc2)C1)c1ccc(Cl)cc1Cl. The number of aromatic nitrogens is 1. The Morgan fingerprint density at radius 2 is 2.12 bits per heavy atom. The van der Waals surface area contributed by atoms with Gasteiger partial charge < -0.3 is 10.1 Å². The molecule has 7 heteroatoms. The van der Waals surface area contributed by atoms with E-state index in [0.717, 1.165) is 30.8 Å². The number of rotatable bonds is 6. The number of carbonyl (C=O) groups is 1. The Morgan fingerprint density at radius 3 is 2.85 bits per heavy atom. The van der Waals surface area contributed by atoms with Crippen LogP contribution in [0.5, 0.6) is 5.75 Å². The molecule has 1 amide bonds. The average molecular weight is 394 g/mol. The molecule has 26 heavy (non-hydrogen) atoms. The number of halogens is 2. The van der Waals surface area contributed by atoms with Crippen molar-refractivity contribution in [2.24, 2.45) is 0 Å². The number of likely N-dealkylation sites (tertiary alicyclic amines) is 1. The molecule has 1 aromatic carbocycles. The second-order valence-electron chi connectivity index (χ2n) is 6.40. The monoisotopic (exact) mass is 393 g/mol. The summed E-state index contributed by atoms with van der Waals surface area (Å²) in [6, 6.07) is 8.79. The molecule has 0 spiro atoms. The topological polar surface area (TPSA) is 54.5 Å². The normalized spacial score (nSPS) is 18.5. The molecule has 1 aromatic heterocycles. The third kappa shape index (κ3) is 5.10. The van der Waals surface area contributed by atoms with E-state index in [1.54, 1.807) is 24.5 Å². The average Bonchev–Trinajstić information content (AvgIpc) is 3.02. The number of hydrogen-bond acceptors (Lipinski definition) is 4. The summed E-state index contributed by atoms with van der Waals surface area (Å²) >= 11 is 12.1. The van der Waals surface area contributed by atoms with Crippen LogP contribution in [0.4, 0.5) is 0 Å². The highest BCUT2D eigenvalue weighted by Gasteiger charge is 2.26. The molecule has 1 saturated heterocycles. The second-order valence-corrected chi connectivity index (χ2v) is 7.25. The zero-order valence-electron chi connectivity index (χ0n) is 14.5. The molecule has 0 aliphatic carbocycles. The number of pyridine rings is 1. The molecule has 0 saturated carbocycles. The first-order valence-electron chi connectivity index (χ1n) is 8.54. The molecule has 0 unspecified atom stereocenters. The Labute approximate surface area is 163 Å². The third-order valence-electron chi connectivity index (χ3n) is 4.36. The minimum atomic E-state index is -0.182. The standard InChI is InChI=1S/C19H21Cl2N3O2/c1-13(17-3-2-14(20)10-18(17)21)23-19(25)12-24-9-6-16(11-24)26-15-4-7-22-8-5-15/h2-5,7-8,10,13,16H,6,9,11-12H2,1H3,(H,23,25)/t13-,16-/m1/s1. The van der Waals surface area contributed by atoms with E-state index in [1.807, 2.05) is 25.1 Å². The summed E-state index contributed by atoms with van der Waals surface area (Å²) in [5.41, 5.74) is 0.852. The summed E-state index contributed by atoms with van der Waals surface area (Å²) in [6.45, 7) is 3.81. The molecular weight excluding hydrogens is 373 g/mol. The van der Waals surface area contributed by atoms with Gasteiger partial charge in [0.25, 0.3) is 0 Å². The summed E-state index contributed by atoms with van der Waals surface area (Å²) in [6.07, 6.45) is 4.40. The van der Waals surface area contributed by atoms with E-state index < -0.39 is 0 Å². The van der Waals surface area contributed by atoms with Crippen LogP contribution in [0.25, 0.3) is 0 Å². The van der Waals surface area contributed by atoms with Crippen LogP contribution in [0.15, 0.2) is 42.7 Å². The maximum absolute atomic E-state index is 12.4. The third-order valence-corrected chi connectivity index (χ3v) is 4.92. The smallest absolute Gasteiger partial charge is 0.234 e. The van der Waals surface area contributed by atoms with E-state index >= 15 is 0 Å². The van der Waals surface area contributed by atoms with Crippen molar-refractivity contribution >= 4 is 29.1 Å². The van der Waals surface area contributed by atoms with Crippen molar-refractivity contribution in [2.45, 2.75) is 25.5 Å². The lowest BCUT2D eigenvalue weighted by Gasteiger charge is -2.20. The fourth-order valence-corrected chi connectivity index (χ4v) is 3.64. The zero-order chi connectivity index (χ0) is 18.5. The van der Waals surface area contributed by atoms with E-state index in [-0.39, 0.29) is 18.1 Å². The molecule has 2 atom stereocenters. The maximum Gasteiger partial charge on any atom is 0.234 e. The van der Waals surface area contributed by atoms with Crippen molar-refractivity contribution in [3.8, 4) is 5.75 Å². The van der Waals surface area contributed by atoms with Gasteiger partial charge in [-0.05, 0) is 43.2 Å². The van der Waals surface area contributed by atoms with Crippen LogP contribution in [0.2, 0.25) is 10.0 Å². The van der Waals surface area contributed by atoms with Crippen LogP contribution >= 0.6 is 23.2 Å². The van der Waals surface area contributed by atoms with Gasteiger partial charge in [0.2, 0.25) is 5.91 Å². The van der Waals surface area contributed by atoms with Crippen molar-refractivity contribution in [3.63, 3.8) is 0 Å². The molecule has 0 bridgehead atoms. The van der Waals surface area contributed by atoms with Crippen molar-refractivity contribution in [3.05, 3.63) is 58.3 Å². The van der Waals surface area contributed by atoms with Gasteiger partial charge in [-0.2, -0.15) is 0 Å². The first-order valence-corrected chi connectivity index (χ1v) is 9.30. The number of carbonyl (C=O) groups excluding carboxylic acids is 1. The zero-order valence-corrected chi connectivity index (χ0v) is 16.0. The molecule has 138 valence electrons. The fourth-order valence-electron chi connectivity index (χ4n) is 3.07. The number of nitrogens with zero attached hydrogens (tertiary/aromatic N) is 2. The fraction of sp³-hybridized carbons (Fsp3) is 0.368. The van der Waals surface area contributed by atoms with Gasteiger partial charge in [0.05, 0.1) is 12.6 Å². The first-order chi connectivity index (χ1) is 12.5. The van der Waals surface area contributed by atoms with E-state index in [9.17, 15) is 4.79 Å². The lowest BCUT2D eigenvalue weighted by molar-refractivity contribution is -0.122. The van der Waals surface area contributed by atoms with Crippen molar-refractivity contribution in [1.82, 2.24) is 15.2 Å². The van der Waals surface area contributed by atoms with Crippen LogP contribution in [-0.4, -0.2) is 41.5 Å². The van der Waals surface area contributed by atoms with Gasteiger partial charge >= 0.3 is 0 Å².